The van der Waals surface area contributed by atoms with E-state index in [2.05, 4.69) is 25.3 Å². The molecule has 2 heterocycles. The maximum atomic E-state index is 12.0. The van der Waals surface area contributed by atoms with Gasteiger partial charge in [-0.1, -0.05) is 0 Å². The third kappa shape index (κ3) is 2.38. The second-order valence-corrected chi connectivity index (χ2v) is 4.14. The van der Waals surface area contributed by atoms with Gasteiger partial charge >= 0.3 is 0 Å². The molecule has 0 aliphatic carbocycles. The van der Waals surface area contributed by atoms with Crippen LogP contribution in [0.2, 0.25) is 5.28 Å². The quantitative estimate of drug-likeness (QED) is 0.702. The fraction of sp³-hybridized carbons (Fsp3) is 0. The van der Waals surface area contributed by atoms with Crippen LogP contribution in [0.15, 0.2) is 36.8 Å². The molecule has 0 unspecified atom stereocenters. The van der Waals surface area contributed by atoms with Crippen LogP contribution in [0.4, 0.5) is 5.82 Å². The number of imidazole rings is 1. The molecule has 0 fully saturated rings. The second kappa shape index (κ2) is 4.66. The van der Waals surface area contributed by atoms with Crippen molar-refractivity contribution in [3.8, 4) is 0 Å². The molecule has 2 aromatic heterocycles. The number of benzene rings is 1. The van der Waals surface area contributed by atoms with Crippen molar-refractivity contribution in [3.63, 3.8) is 0 Å². The van der Waals surface area contributed by atoms with E-state index in [1.807, 2.05) is 0 Å². The summed E-state index contributed by atoms with van der Waals surface area (Å²) in [5.74, 6) is 0.0842. The Kier molecular flexibility index (Phi) is 2.85. The Morgan fingerprint density at radius 1 is 1.26 bits per heavy atom. The molecular weight excluding hydrogens is 266 g/mol. The zero-order valence-corrected chi connectivity index (χ0v) is 10.3. The summed E-state index contributed by atoms with van der Waals surface area (Å²) in [5, 5.41) is 2.73. The zero-order valence-electron chi connectivity index (χ0n) is 9.59. The first-order valence-corrected chi connectivity index (χ1v) is 5.83. The summed E-state index contributed by atoms with van der Waals surface area (Å²) >= 11 is 5.65. The molecule has 0 aliphatic heterocycles. The topological polar surface area (TPSA) is 83.6 Å². The fourth-order valence-corrected chi connectivity index (χ4v) is 1.82. The molecule has 19 heavy (non-hydrogen) atoms. The van der Waals surface area contributed by atoms with Crippen LogP contribution in [0, 0.1) is 0 Å². The van der Waals surface area contributed by atoms with E-state index in [0.717, 1.165) is 11.0 Å². The van der Waals surface area contributed by atoms with Crippen LogP contribution in [0.3, 0.4) is 0 Å². The molecule has 6 nitrogen and oxygen atoms in total. The van der Waals surface area contributed by atoms with Gasteiger partial charge in [-0.25, -0.2) is 15.0 Å². The molecule has 0 saturated heterocycles. The number of aromatic nitrogens is 4. The molecule has 94 valence electrons. The molecule has 0 radical (unpaired) electrons. The van der Waals surface area contributed by atoms with Crippen molar-refractivity contribution in [1.82, 2.24) is 19.9 Å². The molecular formula is C12H8ClN5O. The van der Waals surface area contributed by atoms with Crippen molar-refractivity contribution in [2.45, 2.75) is 0 Å². The number of fused-ring (bicyclic) bond motifs is 1. The normalized spacial score (nSPS) is 10.6. The number of hydrogen-bond acceptors (Lipinski definition) is 4. The van der Waals surface area contributed by atoms with E-state index in [4.69, 9.17) is 11.6 Å². The van der Waals surface area contributed by atoms with Crippen molar-refractivity contribution < 1.29 is 4.79 Å². The molecule has 0 saturated carbocycles. The standard InChI is InChI=1S/C12H8ClN5O/c13-12-14-4-3-10(18-12)17-11(19)7-1-2-8-9(5-7)16-6-15-8/h1-6H,(H,15,16)(H,14,17,18,19). The lowest BCUT2D eigenvalue weighted by Gasteiger charge is -2.04. The predicted molar refractivity (Wildman–Crippen MR) is 71.1 cm³/mol. The number of aromatic amines is 1. The van der Waals surface area contributed by atoms with Gasteiger partial charge in [0.25, 0.3) is 5.91 Å². The summed E-state index contributed by atoms with van der Waals surface area (Å²) in [6.07, 6.45) is 3.06. The molecule has 0 bridgehead atoms. The lowest BCUT2D eigenvalue weighted by Crippen LogP contribution is -2.13. The van der Waals surface area contributed by atoms with Gasteiger partial charge in [-0.3, -0.25) is 4.79 Å². The number of hydrogen-bond donors (Lipinski definition) is 2. The highest BCUT2D eigenvalue weighted by molar-refractivity contribution is 6.28. The van der Waals surface area contributed by atoms with Crippen LogP contribution in [0.5, 0.6) is 0 Å². The largest absolute Gasteiger partial charge is 0.345 e. The molecule has 0 atom stereocenters. The Hall–Kier alpha value is -2.47. The number of amides is 1. The lowest BCUT2D eigenvalue weighted by molar-refractivity contribution is 0.102. The fourth-order valence-electron chi connectivity index (χ4n) is 1.67. The minimum Gasteiger partial charge on any atom is -0.345 e. The van der Waals surface area contributed by atoms with Crippen LogP contribution in [0.1, 0.15) is 10.4 Å². The minimum absolute atomic E-state index is 0.0850. The van der Waals surface area contributed by atoms with Gasteiger partial charge in [0.1, 0.15) is 5.82 Å². The molecule has 1 aromatic carbocycles. The number of carbonyl (C=O) groups excluding carboxylic acids is 1. The van der Waals surface area contributed by atoms with Gasteiger partial charge < -0.3 is 10.3 Å². The molecule has 2 N–H and O–H groups in total. The van der Waals surface area contributed by atoms with Crippen LogP contribution in [-0.2, 0) is 0 Å². The van der Waals surface area contributed by atoms with E-state index >= 15 is 0 Å². The number of rotatable bonds is 2. The molecule has 1 amide bonds. The highest BCUT2D eigenvalue weighted by atomic mass is 35.5. The summed E-state index contributed by atoms with van der Waals surface area (Å²) in [7, 11) is 0. The Labute approximate surface area is 112 Å². The number of nitrogens with zero attached hydrogens (tertiary/aromatic N) is 3. The highest BCUT2D eigenvalue weighted by Crippen LogP contribution is 2.13. The van der Waals surface area contributed by atoms with E-state index in [1.54, 1.807) is 30.6 Å². The predicted octanol–water partition coefficient (Wildman–Crippen LogP) is 2.26. The first-order chi connectivity index (χ1) is 9.22. The monoisotopic (exact) mass is 273 g/mol. The van der Waals surface area contributed by atoms with Gasteiger partial charge in [0.2, 0.25) is 5.28 Å². The average Bonchev–Trinajstić information content (AvgIpc) is 2.85. The third-order valence-corrected chi connectivity index (χ3v) is 2.73. The first kappa shape index (κ1) is 11.6. The Morgan fingerprint density at radius 3 is 3.00 bits per heavy atom. The van der Waals surface area contributed by atoms with Crippen LogP contribution in [-0.4, -0.2) is 25.8 Å². The van der Waals surface area contributed by atoms with Crippen LogP contribution in [0.25, 0.3) is 11.0 Å². The Balaban J connectivity index is 1.87. The van der Waals surface area contributed by atoms with Gasteiger partial charge in [0, 0.05) is 11.8 Å². The van der Waals surface area contributed by atoms with Crippen molar-refractivity contribution in [3.05, 3.63) is 47.6 Å². The van der Waals surface area contributed by atoms with Crippen molar-refractivity contribution in [2.75, 3.05) is 5.32 Å². The number of halogens is 1. The number of nitrogens with one attached hydrogen (secondary N) is 2. The first-order valence-electron chi connectivity index (χ1n) is 5.45. The summed E-state index contributed by atoms with van der Waals surface area (Å²) in [4.78, 5) is 26.7. The number of H-pyrrole nitrogens is 1. The van der Waals surface area contributed by atoms with E-state index in [1.165, 1.54) is 6.20 Å². The van der Waals surface area contributed by atoms with E-state index < -0.39 is 0 Å². The van der Waals surface area contributed by atoms with Crippen LogP contribution < -0.4 is 5.32 Å². The Bertz CT molecular complexity index is 754. The summed E-state index contributed by atoms with van der Waals surface area (Å²) in [5.41, 5.74) is 2.11. The molecule has 3 rings (SSSR count). The van der Waals surface area contributed by atoms with Gasteiger partial charge in [-0.2, -0.15) is 0 Å². The van der Waals surface area contributed by atoms with Gasteiger partial charge in [0.05, 0.1) is 17.4 Å². The second-order valence-electron chi connectivity index (χ2n) is 3.80. The SMILES string of the molecule is O=C(Nc1ccnc(Cl)n1)c1ccc2nc[nH]c2c1. The summed E-state index contributed by atoms with van der Waals surface area (Å²) in [6, 6.07) is 6.76. The van der Waals surface area contributed by atoms with E-state index in [9.17, 15) is 4.79 Å². The smallest absolute Gasteiger partial charge is 0.256 e. The molecule has 0 aliphatic rings. The molecule has 7 heteroatoms. The maximum absolute atomic E-state index is 12.0. The minimum atomic E-state index is -0.272. The highest BCUT2D eigenvalue weighted by Gasteiger charge is 2.08. The van der Waals surface area contributed by atoms with E-state index in [-0.39, 0.29) is 11.2 Å². The third-order valence-electron chi connectivity index (χ3n) is 2.55. The summed E-state index contributed by atoms with van der Waals surface area (Å²) < 4.78 is 0. The maximum Gasteiger partial charge on any atom is 0.256 e. The van der Waals surface area contributed by atoms with Crippen molar-refractivity contribution in [2.24, 2.45) is 0 Å². The van der Waals surface area contributed by atoms with Gasteiger partial charge in [0.15, 0.2) is 0 Å². The zero-order chi connectivity index (χ0) is 13.2. The molecule has 0 spiro atoms. The van der Waals surface area contributed by atoms with Gasteiger partial charge in [-0.05, 0) is 35.9 Å². The van der Waals surface area contributed by atoms with E-state index in [0.29, 0.717) is 11.4 Å². The number of carbonyl (C=O) groups is 1. The molecule has 3 aromatic rings. The van der Waals surface area contributed by atoms with Gasteiger partial charge in [-0.15, -0.1) is 0 Å². The number of anilines is 1. The average molecular weight is 274 g/mol. The summed E-state index contributed by atoms with van der Waals surface area (Å²) in [6.45, 7) is 0. The Morgan fingerprint density at radius 2 is 2.16 bits per heavy atom. The lowest BCUT2D eigenvalue weighted by atomic mass is 10.2. The van der Waals surface area contributed by atoms with Crippen molar-refractivity contribution >= 4 is 34.4 Å². The van der Waals surface area contributed by atoms with Crippen LogP contribution >= 0.6 is 11.6 Å². The van der Waals surface area contributed by atoms with Crippen molar-refractivity contribution in [1.29, 1.82) is 0 Å².